The molecule has 21 heavy (non-hydrogen) atoms. The van der Waals surface area contributed by atoms with Crippen LogP contribution in [-0.2, 0) is 16.1 Å². The predicted molar refractivity (Wildman–Crippen MR) is 86.7 cm³/mol. The van der Waals surface area contributed by atoms with Crippen molar-refractivity contribution in [2.45, 2.75) is 6.61 Å². The highest BCUT2D eigenvalue weighted by atomic mass is 32.1. The van der Waals surface area contributed by atoms with E-state index in [-0.39, 0.29) is 0 Å². The van der Waals surface area contributed by atoms with Crippen molar-refractivity contribution < 1.29 is 9.47 Å². The summed E-state index contributed by atoms with van der Waals surface area (Å²) in [6, 6.07) is 4.10. The van der Waals surface area contributed by atoms with Gasteiger partial charge in [-0.25, -0.2) is 9.97 Å². The summed E-state index contributed by atoms with van der Waals surface area (Å²) in [5.41, 5.74) is 7.22. The lowest BCUT2D eigenvalue weighted by Crippen LogP contribution is -2.06. The Morgan fingerprint density at radius 2 is 2.14 bits per heavy atom. The van der Waals surface area contributed by atoms with Crippen LogP contribution in [0.25, 0.3) is 20.7 Å². The molecule has 3 aromatic heterocycles. The van der Waals surface area contributed by atoms with E-state index >= 15 is 0 Å². The zero-order valence-electron chi connectivity index (χ0n) is 11.5. The van der Waals surface area contributed by atoms with Gasteiger partial charge in [-0.05, 0) is 11.4 Å². The number of nitrogen functional groups attached to an aromatic ring is 1. The molecular weight excluding hydrogens is 306 g/mol. The van der Waals surface area contributed by atoms with Gasteiger partial charge in [0, 0.05) is 22.9 Å². The van der Waals surface area contributed by atoms with E-state index in [1.807, 2.05) is 11.4 Å². The topological polar surface area (TPSA) is 70.3 Å². The molecule has 0 radical (unpaired) electrons. The monoisotopic (exact) mass is 321 g/mol. The molecule has 0 saturated carbocycles. The fourth-order valence-electron chi connectivity index (χ4n) is 2.00. The molecule has 0 atom stereocenters. The number of anilines is 1. The van der Waals surface area contributed by atoms with Crippen LogP contribution in [0.5, 0.6) is 0 Å². The minimum atomic E-state index is 0.343. The van der Waals surface area contributed by atoms with E-state index in [0.717, 1.165) is 15.8 Å². The SMILES string of the molecule is COCCOCc1nc(N)c2c(-c3cccs3)csc2n1. The summed E-state index contributed by atoms with van der Waals surface area (Å²) in [5, 5.41) is 5.06. The van der Waals surface area contributed by atoms with E-state index in [4.69, 9.17) is 15.2 Å². The van der Waals surface area contributed by atoms with E-state index in [9.17, 15) is 0 Å². The van der Waals surface area contributed by atoms with Crippen LogP contribution in [0.2, 0.25) is 0 Å². The molecule has 0 fully saturated rings. The highest BCUT2D eigenvalue weighted by molar-refractivity contribution is 7.18. The fourth-order valence-corrected chi connectivity index (χ4v) is 3.79. The Hall–Kier alpha value is -1.54. The van der Waals surface area contributed by atoms with Crippen molar-refractivity contribution in [1.29, 1.82) is 0 Å². The number of fused-ring (bicyclic) bond motifs is 1. The molecule has 0 aliphatic rings. The fraction of sp³-hybridized carbons (Fsp3) is 0.286. The maximum absolute atomic E-state index is 6.12. The standard InChI is InChI=1S/C14H15N3O2S2/c1-18-4-5-19-7-11-16-13(15)12-9(8-21-14(12)17-11)10-3-2-6-20-10/h2-3,6,8H,4-5,7H2,1H3,(H2,15,16,17). The molecule has 0 bridgehead atoms. The van der Waals surface area contributed by atoms with Gasteiger partial charge in [0.15, 0.2) is 5.82 Å². The summed E-state index contributed by atoms with van der Waals surface area (Å²) in [5.74, 6) is 1.12. The van der Waals surface area contributed by atoms with E-state index < -0.39 is 0 Å². The number of methoxy groups -OCH3 is 1. The van der Waals surface area contributed by atoms with Crippen molar-refractivity contribution in [3.8, 4) is 10.4 Å². The van der Waals surface area contributed by atoms with Crippen molar-refractivity contribution in [3.63, 3.8) is 0 Å². The van der Waals surface area contributed by atoms with Crippen LogP contribution < -0.4 is 5.73 Å². The van der Waals surface area contributed by atoms with E-state index in [1.165, 1.54) is 4.88 Å². The first kappa shape index (κ1) is 14.4. The Bertz CT molecular complexity index is 725. The van der Waals surface area contributed by atoms with Crippen molar-refractivity contribution >= 4 is 38.7 Å². The second-order valence-electron chi connectivity index (χ2n) is 4.38. The molecular formula is C14H15N3O2S2. The van der Waals surface area contributed by atoms with Gasteiger partial charge in [-0.1, -0.05) is 6.07 Å². The van der Waals surface area contributed by atoms with E-state index in [1.54, 1.807) is 29.8 Å². The molecule has 5 nitrogen and oxygen atoms in total. The Labute approximate surface area is 130 Å². The molecule has 0 amide bonds. The second-order valence-corrected chi connectivity index (χ2v) is 6.18. The van der Waals surface area contributed by atoms with Gasteiger partial charge in [-0.15, -0.1) is 22.7 Å². The predicted octanol–water partition coefficient (Wildman–Crippen LogP) is 3.17. The third-order valence-electron chi connectivity index (χ3n) is 2.96. The van der Waals surface area contributed by atoms with Crippen LogP contribution in [0.4, 0.5) is 5.82 Å². The van der Waals surface area contributed by atoms with Gasteiger partial charge in [-0.2, -0.15) is 0 Å². The number of hydrogen-bond donors (Lipinski definition) is 1. The van der Waals surface area contributed by atoms with Crippen molar-refractivity contribution in [1.82, 2.24) is 9.97 Å². The average Bonchev–Trinajstić information content (AvgIpc) is 3.12. The van der Waals surface area contributed by atoms with Crippen LogP contribution in [0.15, 0.2) is 22.9 Å². The molecule has 3 heterocycles. The van der Waals surface area contributed by atoms with Gasteiger partial charge in [0.25, 0.3) is 0 Å². The smallest absolute Gasteiger partial charge is 0.158 e. The van der Waals surface area contributed by atoms with Gasteiger partial charge in [-0.3, -0.25) is 0 Å². The molecule has 7 heteroatoms. The van der Waals surface area contributed by atoms with Crippen LogP contribution in [0, 0.1) is 0 Å². The van der Waals surface area contributed by atoms with Gasteiger partial charge < -0.3 is 15.2 Å². The summed E-state index contributed by atoms with van der Waals surface area (Å²) in [6.07, 6.45) is 0. The molecule has 0 aliphatic carbocycles. The third-order valence-corrected chi connectivity index (χ3v) is 4.73. The summed E-state index contributed by atoms with van der Waals surface area (Å²) in [6.45, 7) is 1.41. The van der Waals surface area contributed by atoms with E-state index in [0.29, 0.717) is 31.5 Å². The Morgan fingerprint density at radius 1 is 1.24 bits per heavy atom. The zero-order valence-corrected chi connectivity index (χ0v) is 13.2. The first-order valence-electron chi connectivity index (χ1n) is 6.43. The highest BCUT2D eigenvalue weighted by Crippen LogP contribution is 2.37. The third kappa shape index (κ3) is 3.06. The Balaban J connectivity index is 1.88. The lowest BCUT2D eigenvalue weighted by molar-refractivity contribution is 0.0588. The van der Waals surface area contributed by atoms with Gasteiger partial charge in [0.1, 0.15) is 17.3 Å². The van der Waals surface area contributed by atoms with E-state index in [2.05, 4.69) is 21.4 Å². The minimum Gasteiger partial charge on any atom is -0.383 e. The molecule has 2 N–H and O–H groups in total. The quantitative estimate of drug-likeness (QED) is 0.706. The van der Waals surface area contributed by atoms with Crippen molar-refractivity contribution in [2.75, 3.05) is 26.1 Å². The van der Waals surface area contributed by atoms with Crippen LogP contribution in [0.1, 0.15) is 5.82 Å². The molecule has 0 aromatic carbocycles. The highest BCUT2D eigenvalue weighted by Gasteiger charge is 2.14. The summed E-state index contributed by atoms with van der Waals surface area (Å²) in [4.78, 5) is 11.0. The number of rotatable bonds is 6. The molecule has 110 valence electrons. The molecule has 3 aromatic rings. The van der Waals surface area contributed by atoms with Crippen molar-refractivity contribution in [2.24, 2.45) is 0 Å². The molecule has 0 unspecified atom stereocenters. The zero-order chi connectivity index (χ0) is 14.7. The van der Waals surface area contributed by atoms with Crippen LogP contribution in [0.3, 0.4) is 0 Å². The first-order chi connectivity index (χ1) is 10.3. The van der Waals surface area contributed by atoms with Crippen LogP contribution in [-0.4, -0.2) is 30.3 Å². The maximum atomic E-state index is 6.12. The van der Waals surface area contributed by atoms with Gasteiger partial charge >= 0.3 is 0 Å². The lowest BCUT2D eigenvalue weighted by atomic mass is 10.2. The lowest BCUT2D eigenvalue weighted by Gasteiger charge is -2.05. The summed E-state index contributed by atoms with van der Waals surface area (Å²) < 4.78 is 10.4. The number of nitrogens with zero attached hydrogens (tertiary/aromatic N) is 2. The van der Waals surface area contributed by atoms with Crippen LogP contribution >= 0.6 is 22.7 Å². The number of aromatic nitrogens is 2. The normalized spacial score (nSPS) is 11.3. The number of ether oxygens (including phenoxy) is 2. The second kappa shape index (κ2) is 6.48. The molecule has 0 spiro atoms. The number of nitrogens with two attached hydrogens (primary N) is 1. The first-order valence-corrected chi connectivity index (χ1v) is 8.19. The summed E-state index contributed by atoms with van der Waals surface area (Å²) >= 11 is 3.26. The van der Waals surface area contributed by atoms with Gasteiger partial charge in [0.05, 0.1) is 18.6 Å². The number of thiophene rings is 2. The van der Waals surface area contributed by atoms with Gasteiger partial charge in [0.2, 0.25) is 0 Å². The molecule has 0 aliphatic heterocycles. The summed E-state index contributed by atoms with van der Waals surface area (Å²) in [7, 11) is 1.64. The Morgan fingerprint density at radius 3 is 2.90 bits per heavy atom. The largest absolute Gasteiger partial charge is 0.383 e. The van der Waals surface area contributed by atoms with Crippen molar-refractivity contribution in [3.05, 3.63) is 28.7 Å². The minimum absolute atomic E-state index is 0.343. The number of hydrogen-bond acceptors (Lipinski definition) is 7. The Kier molecular flexibility index (Phi) is 4.45. The average molecular weight is 321 g/mol. The maximum Gasteiger partial charge on any atom is 0.158 e. The molecule has 0 saturated heterocycles. The molecule has 3 rings (SSSR count).